The lowest BCUT2D eigenvalue weighted by atomic mass is 9.88. The molecule has 132 valence electrons. The number of carbonyl (C=O) groups is 2. The van der Waals surface area contributed by atoms with Crippen molar-refractivity contribution in [3.8, 4) is 0 Å². The first kappa shape index (κ1) is 18.7. The van der Waals surface area contributed by atoms with E-state index in [9.17, 15) is 14.7 Å². The molecule has 0 aliphatic heterocycles. The van der Waals surface area contributed by atoms with Crippen LogP contribution in [-0.4, -0.2) is 28.1 Å². The fraction of sp³-hybridized carbons (Fsp3) is 0.300. The van der Waals surface area contributed by atoms with Gasteiger partial charge in [-0.3, -0.25) is 4.79 Å². The van der Waals surface area contributed by atoms with Crippen molar-refractivity contribution < 1.29 is 14.7 Å². The van der Waals surface area contributed by atoms with Gasteiger partial charge in [0.05, 0.1) is 5.54 Å². The number of nitrogens with one attached hydrogen (secondary N) is 1. The molecule has 0 heterocycles. The van der Waals surface area contributed by atoms with Gasteiger partial charge in [-0.2, -0.15) is 0 Å². The second-order valence-corrected chi connectivity index (χ2v) is 6.83. The van der Waals surface area contributed by atoms with E-state index in [1.54, 1.807) is 6.92 Å². The molecule has 0 fully saturated rings. The third-order valence-corrected chi connectivity index (χ3v) is 4.19. The van der Waals surface area contributed by atoms with Crippen molar-refractivity contribution >= 4 is 11.9 Å². The summed E-state index contributed by atoms with van der Waals surface area (Å²) in [7, 11) is 0. The smallest absolute Gasteiger partial charge is 0.329 e. The molecule has 25 heavy (non-hydrogen) atoms. The fourth-order valence-electron chi connectivity index (χ4n) is 2.67. The highest BCUT2D eigenvalue weighted by molar-refractivity contribution is 5.92. The minimum Gasteiger partial charge on any atom is -0.480 e. The number of benzene rings is 2. The minimum atomic E-state index is -1.43. The van der Waals surface area contributed by atoms with Crippen molar-refractivity contribution in [1.82, 2.24) is 5.32 Å². The van der Waals surface area contributed by atoms with E-state index in [1.165, 1.54) is 6.92 Å². The summed E-state index contributed by atoms with van der Waals surface area (Å²) in [5, 5.41) is 12.3. The Balaban J connectivity index is 2.15. The molecule has 0 unspecified atom stereocenters. The number of rotatable bonds is 7. The number of carboxylic acids is 1. The van der Waals surface area contributed by atoms with Crippen LogP contribution in [0.3, 0.4) is 0 Å². The van der Waals surface area contributed by atoms with Gasteiger partial charge in [-0.05, 0) is 31.4 Å². The standard InChI is InChI=1S/C20H24N2O3/c1-19(21,13-15-9-5-3-6-10-15)17(23)22-20(2,18(24)25)14-16-11-7-4-8-12-16/h3-12H,13-14,21H2,1-2H3,(H,22,23)(H,24,25)/t19-,20-/m0/s1. The lowest BCUT2D eigenvalue weighted by molar-refractivity contribution is -0.147. The van der Waals surface area contributed by atoms with Crippen LogP contribution in [0.2, 0.25) is 0 Å². The molecule has 4 N–H and O–H groups in total. The molecule has 0 aliphatic rings. The van der Waals surface area contributed by atoms with Gasteiger partial charge in [-0.25, -0.2) is 4.79 Å². The van der Waals surface area contributed by atoms with Crippen LogP contribution in [0, 0.1) is 0 Å². The monoisotopic (exact) mass is 340 g/mol. The molecule has 0 aromatic heterocycles. The molecule has 0 saturated heterocycles. The molecule has 2 aromatic rings. The SMILES string of the molecule is C[C@](N)(Cc1ccccc1)C(=O)N[C@@](C)(Cc1ccccc1)C(=O)O. The molecule has 0 radical (unpaired) electrons. The minimum absolute atomic E-state index is 0.177. The predicted octanol–water partition coefficient (Wildman–Crippen LogP) is 2.15. The summed E-state index contributed by atoms with van der Waals surface area (Å²) >= 11 is 0. The molecule has 2 atom stereocenters. The Morgan fingerprint density at radius 1 is 0.920 bits per heavy atom. The average Bonchev–Trinajstić information content (AvgIpc) is 2.56. The molecule has 0 bridgehead atoms. The second-order valence-electron chi connectivity index (χ2n) is 6.83. The van der Waals surface area contributed by atoms with Crippen molar-refractivity contribution in [2.75, 3.05) is 0 Å². The summed E-state index contributed by atoms with van der Waals surface area (Å²) < 4.78 is 0. The number of aliphatic carboxylic acids is 1. The van der Waals surface area contributed by atoms with Crippen molar-refractivity contribution in [2.45, 2.75) is 37.8 Å². The Bertz CT molecular complexity index is 729. The van der Waals surface area contributed by atoms with Crippen LogP contribution >= 0.6 is 0 Å². The molecule has 5 nitrogen and oxygen atoms in total. The highest BCUT2D eigenvalue weighted by Gasteiger charge is 2.39. The normalized spacial score (nSPS) is 15.6. The first-order chi connectivity index (χ1) is 11.7. The van der Waals surface area contributed by atoms with Crippen LogP contribution in [0.5, 0.6) is 0 Å². The van der Waals surface area contributed by atoms with Crippen LogP contribution in [0.4, 0.5) is 0 Å². The average molecular weight is 340 g/mol. The first-order valence-electron chi connectivity index (χ1n) is 8.16. The van der Waals surface area contributed by atoms with Crippen LogP contribution in [-0.2, 0) is 22.4 Å². The van der Waals surface area contributed by atoms with Gasteiger partial charge < -0.3 is 16.2 Å². The Kier molecular flexibility index (Phi) is 5.59. The van der Waals surface area contributed by atoms with Crippen LogP contribution in [0.15, 0.2) is 60.7 Å². The molecule has 0 aliphatic carbocycles. The van der Waals surface area contributed by atoms with Gasteiger partial charge >= 0.3 is 5.97 Å². The summed E-state index contributed by atoms with van der Waals surface area (Å²) in [4.78, 5) is 24.5. The highest BCUT2D eigenvalue weighted by atomic mass is 16.4. The Morgan fingerprint density at radius 2 is 1.36 bits per heavy atom. The number of amides is 1. The zero-order chi connectivity index (χ0) is 18.5. The largest absolute Gasteiger partial charge is 0.480 e. The molecule has 0 saturated carbocycles. The summed E-state index contributed by atoms with van der Waals surface area (Å²) in [5.74, 6) is -1.59. The lowest BCUT2D eigenvalue weighted by Crippen LogP contribution is -2.62. The Hall–Kier alpha value is -2.66. The molecular formula is C20H24N2O3. The number of nitrogens with two attached hydrogens (primary N) is 1. The van der Waals surface area contributed by atoms with Gasteiger partial charge in [0.2, 0.25) is 5.91 Å². The maximum Gasteiger partial charge on any atom is 0.329 e. The van der Waals surface area contributed by atoms with Crippen LogP contribution in [0.1, 0.15) is 25.0 Å². The zero-order valence-electron chi connectivity index (χ0n) is 14.5. The van der Waals surface area contributed by atoms with E-state index in [1.807, 2.05) is 60.7 Å². The van der Waals surface area contributed by atoms with Crippen molar-refractivity contribution in [3.05, 3.63) is 71.8 Å². The van der Waals surface area contributed by atoms with E-state index >= 15 is 0 Å². The molecule has 2 rings (SSSR count). The van der Waals surface area contributed by atoms with Gasteiger partial charge in [-0.1, -0.05) is 60.7 Å². The van der Waals surface area contributed by atoms with E-state index in [0.717, 1.165) is 11.1 Å². The van der Waals surface area contributed by atoms with Gasteiger partial charge in [0.15, 0.2) is 0 Å². The van der Waals surface area contributed by atoms with E-state index in [4.69, 9.17) is 5.73 Å². The van der Waals surface area contributed by atoms with Gasteiger partial charge in [0, 0.05) is 6.42 Å². The maximum absolute atomic E-state index is 12.7. The third-order valence-electron chi connectivity index (χ3n) is 4.19. The topological polar surface area (TPSA) is 92.4 Å². The van der Waals surface area contributed by atoms with Crippen molar-refractivity contribution in [2.24, 2.45) is 5.73 Å². The number of carbonyl (C=O) groups excluding carboxylic acids is 1. The molecule has 5 heteroatoms. The molecule has 1 amide bonds. The summed E-state index contributed by atoms with van der Waals surface area (Å²) in [6.07, 6.45) is 0.497. The molecule has 2 aromatic carbocycles. The Labute approximate surface area is 147 Å². The van der Waals surface area contributed by atoms with Crippen molar-refractivity contribution in [3.63, 3.8) is 0 Å². The van der Waals surface area contributed by atoms with E-state index in [2.05, 4.69) is 5.32 Å². The fourth-order valence-corrected chi connectivity index (χ4v) is 2.67. The summed E-state index contributed by atoms with van der Waals surface area (Å²) in [6.45, 7) is 3.11. The summed E-state index contributed by atoms with van der Waals surface area (Å²) in [6, 6.07) is 18.6. The van der Waals surface area contributed by atoms with Crippen LogP contribution in [0.25, 0.3) is 0 Å². The van der Waals surface area contributed by atoms with Gasteiger partial charge in [-0.15, -0.1) is 0 Å². The van der Waals surface area contributed by atoms with Gasteiger partial charge in [0.25, 0.3) is 0 Å². The maximum atomic E-state index is 12.7. The third kappa shape index (κ3) is 4.90. The van der Waals surface area contributed by atoms with Gasteiger partial charge in [0.1, 0.15) is 5.54 Å². The lowest BCUT2D eigenvalue weighted by Gasteiger charge is -2.32. The number of hydrogen-bond acceptors (Lipinski definition) is 3. The summed E-state index contributed by atoms with van der Waals surface area (Å²) in [5.41, 5.74) is 5.29. The highest BCUT2D eigenvalue weighted by Crippen LogP contribution is 2.17. The first-order valence-corrected chi connectivity index (χ1v) is 8.16. The quantitative estimate of drug-likeness (QED) is 0.720. The van der Waals surface area contributed by atoms with Crippen molar-refractivity contribution in [1.29, 1.82) is 0 Å². The molecule has 0 spiro atoms. The Morgan fingerprint density at radius 3 is 1.80 bits per heavy atom. The number of carboxylic acid groups (broad SMARTS) is 1. The van der Waals surface area contributed by atoms with Crippen LogP contribution < -0.4 is 11.1 Å². The predicted molar refractivity (Wildman–Crippen MR) is 97.1 cm³/mol. The second kappa shape index (κ2) is 7.49. The van der Waals surface area contributed by atoms with E-state index in [0.29, 0.717) is 6.42 Å². The zero-order valence-corrected chi connectivity index (χ0v) is 14.5. The van der Waals surface area contributed by atoms with E-state index < -0.39 is 23.0 Å². The number of hydrogen-bond donors (Lipinski definition) is 3. The van der Waals surface area contributed by atoms with E-state index in [-0.39, 0.29) is 6.42 Å². The molecular weight excluding hydrogens is 316 g/mol.